The molecule has 5 nitrogen and oxygen atoms in total. The van der Waals surface area contributed by atoms with Crippen molar-refractivity contribution in [3.63, 3.8) is 0 Å². The smallest absolute Gasteiger partial charge is 0.405 e. The van der Waals surface area contributed by atoms with E-state index in [2.05, 4.69) is 20.4 Å². The summed E-state index contributed by atoms with van der Waals surface area (Å²) >= 11 is 0. The fourth-order valence-electron chi connectivity index (χ4n) is 2.05. The van der Waals surface area contributed by atoms with E-state index in [-0.39, 0.29) is 36.3 Å². The summed E-state index contributed by atoms with van der Waals surface area (Å²) in [5.74, 6) is 0.986. The predicted molar refractivity (Wildman–Crippen MR) is 100 cm³/mol. The maximum atomic E-state index is 12.4. The van der Waals surface area contributed by atoms with E-state index in [1.807, 2.05) is 0 Å². The molecule has 2 N–H and O–H groups in total. The van der Waals surface area contributed by atoms with Gasteiger partial charge in [-0.05, 0) is 24.8 Å². The summed E-state index contributed by atoms with van der Waals surface area (Å²) in [6, 6.07) is 6.00. The van der Waals surface area contributed by atoms with Gasteiger partial charge < -0.3 is 20.1 Å². The minimum absolute atomic E-state index is 0. The lowest BCUT2D eigenvalue weighted by molar-refractivity contribution is -0.274. The van der Waals surface area contributed by atoms with Crippen molar-refractivity contribution in [2.45, 2.75) is 25.7 Å². The zero-order valence-corrected chi connectivity index (χ0v) is 16.3. The van der Waals surface area contributed by atoms with Crippen LogP contribution in [0.5, 0.6) is 5.75 Å². The Bertz CT molecular complexity index is 552. The Labute approximate surface area is 162 Å². The van der Waals surface area contributed by atoms with Gasteiger partial charge >= 0.3 is 6.36 Å². The van der Waals surface area contributed by atoms with Gasteiger partial charge in [0.2, 0.25) is 0 Å². The van der Waals surface area contributed by atoms with Gasteiger partial charge in [-0.2, -0.15) is 0 Å². The molecular formula is C16H23F3IN3O2. The van der Waals surface area contributed by atoms with Gasteiger partial charge in [-0.25, -0.2) is 0 Å². The number of aliphatic imine (C=N–C) groups is 1. The number of benzene rings is 1. The first-order valence-electron chi connectivity index (χ1n) is 7.84. The third kappa shape index (κ3) is 9.15. The second kappa shape index (κ2) is 10.7. The molecule has 1 aliphatic carbocycles. The summed E-state index contributed by atoms with van der Waals surface area (Å²) in [6.45, 7) is 2.09. The van der Waals surface area contributed by atoms with Gasteiger partial charge in [0, 0.05) is 32.3 Å². The number of rotatable bonds is 8. The lowest BCUT2D eigenvalue weighted by Crippen LogP contribution is -2.38. The molecular weight excluding hydrogens is 450 g/mol. The maximum absolute atomic E-state index is 12.4. The zero-order valence-electron chi connectivity index (χ0n) is 13.9. The number of guanidine groups is 1. The molecule has 1 aliphatic rings. The van der Waals surface area contributed by atoms with Crippen molar-refractivity contribution in [3.8, 4) is 5.75 Å². The van der Waals surface area contributed by atoms with E-state index in [1.54, 1.807) is 19.2 Å². The fourth-order valence-corrected chi connectivity index (χ4v) is 2.05. The van der Waals surface area contributed by atoms with Crippen molar-refractivity contribution < 1.29 is 22.6 Å². The predicted octanol–water partition coefficient (Wildman–Crippen LogP) is 3.29. The van der Waals surface area contributed by atoms with Crippen molar-refractivity contribution in [3.05, 3.63) is 29.8 Å². The maximum Gasteiger partial charge on any atom is 0.573 e. The molecule has 0 aromatic heterocycles. The monoisotopic (exact) mass is 473 g/mol. The van der Waals surface area contributed by atoms with Gasteiger partial charge in [0.05, 0.1) is 6.61 Å². The molecule has 142 valence electrons. The Kier molecular flexibility index (Phi) is 9.33. The average molecular weight is 473 g/mol. The van der Waals surface area contributed by atoms with Crippen LogP contribution in [0.2, 0.25) is 0 Å². The van der Waals surface area contributed by atoms with Gasteiger partial charge in [-0.15, -0.1) is 37.1 Å². The van der Waals surface area contributed by atoms with Gasteiger partial charge in [0.25, 0.3) is 0 Å². The highest BCUT2D eigenvalue weighted by Gasteiger charge is 2.31. The second-order valence-corrected chi connectivity index (χ2v) is 5.53. The van der Waals surface area contributed by atoms with Gasteiger partial charge in [-0.3, -0.25) is 4.99 Å². The number of nitrogens with zero attached hydrogens (tertiary/aromatic N) is 1. The zero-order chi connectivity index (χ0) is 17.4. The number of ether oxygens (including phenoxy) is 2. The van der Waals surface area contributed by atoms with Crippen molar-refractivity contribution in [2.24, 2.45) is 10.9 Å². The van der Waals surface area contributed by atoms with Crippen LogP contribution in [0.15, 0.2) is 29.3 Å². The van der Waals surface area contributed by atoms with E-state index in [1.165, 1.54) is 25.0 Å². The molecule has 0 amide bonds. The Balaban J connectivity index is 0.00000312. The second-order valence-electron chi connectivity index (χ2n) is 5.53. The molecule has 1 fully saturated rings. The van der Waals surface area contributed by atoms with E-state index in [9.17, 15) is 13.2 Å². The lowest BCUT2D eigenvalue weighted by Gasteiger charge is -2.15. The minimum Gasteiger partial charge on any atom is -0.405 e. The minimum atomic E-state index is -4.71. The first-order chi connectivity index (χ1) is 11.5. The quantitative estimate of drug-likeness (QED) is 0.264. The number of hydrogen-bond donors (Lipinski definition) is 2. The molecule has 0 atom stereocenters. The molecule has 0 unspecified atom stereocenters. The number of nitrogens with one attached hydrogen (secondary N) is 2. The Morgan fingerprint density at radius 2 is 1.96 bits per heavy atom. The molecule has 25 heavy (non-hydrogen) atoms. The normalized spacial score (nSPS) is 14.6. The van der Waals surface area contributed by atoms with Crippen molar-refractivity contribution in [2.75, 3.05) is 26.8 Å². The van der Waals surface area contributed by atoms with E-state index in [0.29, 0.717) is 30.6 Å². The van der Waals surface area contributed by atoms with Gasteiger partial charge in [0.1, 0.15) is 5.75 Å². The lowest BCUT2D eigenvalue weighted by atomic mass is 10.2. The average Bonchev–Trinajstić information content (AvgIpc) is 3.34. The topological polar surface area (TPSA) is 54.9 Å². The highest BCUT2D eigenvalue weighted by molar-refractivity contribution is 14.0. The highest BCUT2D eigenvalue weighted by atomic mass is 127. The summed E-state index contributed by atoms with van der Waals surface area (Å²) in [5, 5.41) is 6.01. The standard InChI is InChI=1S/C16H22F3N3O2.HI/c1-20-15(21-8-9-23-11-12-6-7-12)22-10-13-4-2-3-5-14(13)24-16(17,18)19;/h2-5,12H,6-11H2,1H3,(H2,20,21,22);1H. The molecule has 1 aromatic carbocycles. The third-order valence-corrected chi connectivity index (χ3v) is 3.46. The van der Waals surface area contributed by atoms with Gasteiger partial charge in [0.15, 0.2) is 5.96 Å². The summed E-state index contributed by atoms with van der Waals surface area (Å²) in [4.78, 5) is 4.03. The van der Waals surface area contributed by atoms with Crippen LogP contribution in [-0.4, -0.2) is 39.1 Å². The van der Waals surface area contributed by atoms with Crippen LogP contribution < -0.4 is 15.4 Å². The molecule has 0 bridgehead atoms. The van der Waals surface area contributed by atoms with Crippen molar-refractivity contribution >= 4 is 29.9 Å². The molecule has 1 aromatic rings. The third-order valence-electron chi connectivity index (χ3n) is 3.46. The molecule has 2 rings (SSSR count). The summed E-state index contributed by atoms with van der Waals surface area (Å²) in [7, 11) is 1.60. The largest absolute Gasteiger partial charge is 0.573 e. The van der Waals surface area contributed by atoms with Gasteiger partial charge in [-0.1, -0.05) is 18.2 Å². The Morgan fingerprint density at radius 3 is 2.60 bits per heavy atom. The number of halogens is 4. The van der Waals surface area contributed by atoms with Crippen LogP contribution >= 0.6 is 24.0 Å². The number of para-hydroxylation sites is 1. The first-order valence-corrected chi connectivity index (χ1v) is 7.84. The summed E-state index contributed by atoms with van der Waals surface area (Å²) < 4.78 is 46.7. The highest BCUT2D eigenvalue weighted by Crippen LogP contribution is 2.28. The van der Waals surface area contributed by atoms with Crippen LogP contribution in [0.1, 0.15) is 18.4 Å². The molecule has 0 saturated heterocycles. The SMILES string of the molecule is CN=C(NCCOCC1CC1)NCc1ccccc1OC(F)(F)F.I. The van der Waals surface area contributed by atoms with Crippen LogP contribution in [0, 0.1) is 5.92 Å². The van der Waals surface area contributed by atoms with E-state index in [0.717, 1.165) is 6.61 Å². The molecule has 0 radical (unpaired) electrons. The van der Waals surface area contributed by atoms with Crippen molar-refractivity contribution in [1.82, 2.24) is 10.6 Å². The van der Waals surface area contributed by atoms with E-state index < -0.39 is 6.36 Å². The number of alkyl halides is 3. The molecule has 1 saturated carbocycles. The first kappa shape index (κ1) is 21.8. The Hall–Kier alpha value is -1.23. The van der Waals surface area contributed by atoms with Crippen LogP contribution in [0.25, 0.3) is 0 Å². The van der Waals surface area contributed by atoms with Crippen LogP contribution in [0.3, 0.4) is 0 Å². The number of hydrogen-bond acceptors (Lipinski definition) is 3. The summed E-state index contributed by atoms with van der Waals surface area (Å²) in [6.07, 6.45) is -2.22. The van der Waals surface area contributed by atoms with Crippen LogP contribution in [0.4, 0.5) is 13.2 Å². The molecule has 0 heterocycles. The van der Waals surface area contributed by atoms with E-state index >= 15 is 0 Å². The molecule has 0 spiro atoms. The van der Waals surface area contributed by atoms with Crippen molar-refractivity contribution in [1.29, 1.82) is 0 Å². The molecule has 0 aliphatic heterocycles. The fraction of sp³-hybridized carbons (Fsp3) is 0.562. The summed E-state index contributed by atoms with van der Waals surface area (Å²) in [5.41, 5.74) is 0.391. The van der Waals surface area contributed by atoms with Crippen LogP contribution in [-0.2, 0) is 11.3 Å². The molecule has 9 heteroatoms. The van der Waals surface area contributed by atoms with E-state index in [4.69, 9.17) is 4.74 Å². The Morgan fingerprint density at radius 1 is 1.24 bits per heavy atom.